The Morgan fingerprint density at radius 3 is 1.78 bits per heavy atom. The molecule has 0 saturated heterocycles. The van der Waals surface area contributed by atoms with Crippen LogP contribution in [0.5, 0.6) is 0 Å². The lowest BCUT2D eigenvalue weighted by molar-refractivity contribution is 0.669. The summed E-state index contributed by atoms with van der Waals surface area (Å²) in [6.07, 6.45) is 0. The van der Waals surface area contributed by atoms with E-state index in [9.17, 15) is 0 Å². The second-order valence-corrected chi connectivity index (χ2v) is 12.5. The molecule has 3 nitrogen and oxygen atoms in total. The van der Waals surface area contributed by atoms with Crippen LogP contribution in [-0.4, -0.2) is 0 Å². The van der Waals surface area contributed by atoms with Gasteiger partial charge in [-0.15, -0.1) is 0 Å². The molecular formula is C46H29NO2. The van der Waals surface area contributed by atoms with Gasteiger partial charge in [-0.1, -0.05) is 121 Å². The van der Waals surface area contributed by atoms with E-state index in [0.717, 1.165) is 72.1 Å². The highest BCUT2D eigenvalue weighted by atomic mass is 16.3. The van der Waals surface area contributed by atoms with Gasteiger partial charge in [0.1, 0.15) is 22.3 Å². The van der Waals surface area contributed by atoms with E-state index in [1.165, 1.54) is 21.9 Å². The number of hydrogen-bond acceptors (Lipinski definition) is 3. The first-order chi connectivity index (χ1) is 24.3. The minimum Gasteiger partial charge on any atom is -0.456 e. The van der Waals surface area contributed by atoms with Crippen molar-refractivity contribution in [3.63, 3.8) is 0 Å². The van der Waals surface area contributed by atoms with Gasteiger partial charge in [0.25, 0.3) is 0 Å². The van der Waals surface area contributed by atoms with Crippen LogP contribution in [-0.2, 0) is 0 Å². The maximum atomic E-state index is 6.44. The molecular weight excluding hydrogens is 599 g/mol. The molecule has 0 N–H and O–H groups in total. The van der Waals surface area contributed by atoms with Gasteiger partial charge in [0.15, 0.2) is 0 Å². The zero-order chi connectivity index (χ0) is 32.3. The van der Waals surface area contributed by atoms with Gasteiger partial charge in [0, 0.05) is 50.2 Å². The van der Waals surface area contributed by atoms with Crippen molar-refractivity contribution in [2.24, 2.45) is 0 Å². The van der Waals surface area contributed by atoms with E-state index in [1.54, 1.807) is 0 Å². The van der Waals surface area contributed by atoms with Gasteiger partial charge < -0.3 is 13.7 Å². The molecule has 0 unspecified atom stereocenters. The Bertz CT molecular complexity index is 2830. The summed E-state index contributed by atoms with van der Waals surface area (Å²) in [6, 6.07) is 62.0. The summed E-state index contributed by atoms with van der Waals surface area (Å²) >= 11 is 0. The van der Waals surface area contributed by atoms with E-state index < -0.39 is 0 Å². The van der Waals surface area contributed by atoms with Crippen molar-refractivity contribution in [1.29, 1.82) is 0 Å². The van der Waals surface area contributed by atoms with Gasteiger partial charge >= 0.3 is 0 Å². The number of benzene rings is 8. The highest BCUT2D eigenvalue weighted by Gasteiger charge is 2.18. The van der Waals surface area contributed by atoms with E-state index >= 15 is 0 Å². The largest absolute Gasteiger partial charge is 0.456 e. The SMILES string of the molecule is c1cc(-c2cccc3c2oc2ccccc23)cc(N(c2ccc(-c3cccc4ccccc34)cc2)c2ccc3c(c2)oc2ccccc23)c1. The fourth-order valence-electron chi connectivity index (χ4n) is 7.36. The number of rotatable bonds is 5. The van der Waals surface area contributed by atoms with E-state index in [-0.39, 0.29) is 0 Å². The van der Waals surface area contributed by atoms with Gasteiger partial charge in [-0.3, -0.25) is 0 Å². The summed E-state index contributed by atoms with van der Waals surface area (Å²) < 4.78 is 12.8. The van der Waals surface area contributed by atoms with Gasteiger partial charge in [0.05, 0.1) is 0 Å². The first-order valence-electron chi connectivity index (χ1n) is 16.6. The summed E-state index contributed by atoms with van der Waals surface area (Å²) in [5.74, 6) is 0. The molecule has 2 heterocycles. The van der Waals surface area contributed by atoms with Gasteiger partial charge in [0.2, 0.25) is 0 Å². The van der Waals surface area contributed by atoms with Crippen molar-refractivity contribution in [3.8, 4) is 22.3 Å². The highest BCUT2D eigenvalue weighted by Crippen LogP contribution is 2.42. The Morgan fingerprint density at radius 1 is 0.327 bits per heavy atom. The van der Waals surface area contributed by atoms with Crippen LogP contribution in [0.15, 0.2) is 185 Å². The van der Waals surface area contributed by atoms with Crippen molar-refractivity contribution >= 4 is 71.7 Å². The van der Waals surface area contributed by atoms with Crippen molar-refractivity contribution < 1.29 is 8.83 Å². The lowest BCUT2D eigenvalue weighted by atomic mass is 9.98. The number of para-hydroxylation sites is 3. The number of hydrogen-bond donors (Lipinski definition) is 0. The topological polar surface area (TPSA) is 29.5 Å². The molecule has 0 bridgehead atoms. The zero-order valence-electron chi connectivity index (χ0n) is 26.5. The number of nitrogens with zero attached hydrogens (tertiary/aromatic N) is 1. The summed E-state index contributed by atoms with van der Waals surface area (Å²) in [4.78, 5) is 2.31. The third kappa shape index (κ3) is 4.51. The van der Waals surface area contributed by atoms with Gasteiger partial charge in [-0.2, -0.15) is 0 Å². The average molecular weight is 628 g/mol. The fraction of sp³-hybridized carbons (Fsp3) is 0. The molecule has 0 fully saturated rings. The molecule has 0 spiro atoms. The Morgan fingerprint density at radius 2 is 0.918 bits per heavy atom. The first kappa shape index (κ1) is 27.5. The average Bonchev–Trinajstić information content (AvgIpc) is 3.73. The van der Waals surface area contributed by atoms with E-state index in [0.29, 0.717) is 0 Å². The predicted molar refractivity (Wildman–Crippen MR) is 204 cm³/mol. The Balaban J connectivity index is 1.14. The van der Waals surface area contributed by atoms with Crippen molar-refractivity contribution in [1.82, 2.24) is 0 Å². The van der Waals surface area contributed by atoms with Gasteiger partial charge in [-0.25, -0.2) is 0 Å². The minimum atomic E-state index is 0.860. The van der Waals surface area contributed by atoms with Crippen molar-refractivity contribution in [2.75, 3.05) is 4.90 Å². The molecule has 230 valence electrons. The Labute approximate surface area is 282 Å². The van der Waals surface area contributed by atoms with Gasteiger partial charge in [-0.05, 0) is 76.0 Å². The molecule has 2 aromatic heterocycles. The van der Waals surface area contributed by atoms with Crippen LogP contribution >= 0.6 is 0 Å². The maximum Gasteiger partial charge on any atom is 0.143 e. The van der Waals surface area contributed by atoms with Crippen LogP contribution in [0, 0.1) is 0 Å². The fourth-order valence-corrected chi connectivity index (χ4v) is 7.36. The third-order valence-corrected chi connectivity index (χ3v) is 9.67. The van der Waals surface area contributed by atoms with Crippen molar-refractivity contribution in [2.45, 2.75) is 0 Å². The van der Waals surface area contributed by atoms with Crippen LogP contribution in [0.2, 0.25) is 0 Å². The molecule has 0 saturated carbocycles. The smallest absolute Gasteiger partial charge is 0.143 e. The monoisotopic (exact) mass is 627 g/mol. The van der Waals surface area contributed by atoms with Crippen LogP contribution in [0.1, 0.15) is 0 Å². The molecule has 8 aromatic carbocycles. The van der Waals surface area contributed by atoms with E-state index in [4.69, 9.17) is 8.83 Å². The quantitative estimate of drug-likeness (QED) is 0.190. The minimum absolute atomic E-state index is 0.860. The Hall–Kier alpha value is -6.58. The van der Waals surface area contributed by atoms with Crippen LogP contribution in [0.3, 0.4) is 0 Å². The molecule has 0 aliphatic heterocycles. The normalized spacial score (nSPS) is 11.7. The van der Waals surface area contributed by atoms with Crippen molar-refractivity contribution in [3.05, 3.63) is 176 Å². The summed E-state index contributed by atoms with van der Waals surface area (Å²) in [5, 5.41) is 6.96. The molecule has 0 radical (unpaired) electrons. The number of furan rings is 2. The number of fused-ring (bicyclic) bond motifs is 7. The molecule has 0 aliphatic carbocycles. The summed E-state index contributed by atoms with van der Waals surface area (Å²) in [7, 11) is 0. The van der Waals surface area contributed by atoms with Crippen LogP contribution < -0.4 is 4.90 Å². The molecule has 3 heteroatoms. The van der Waals surface area contributed by atoms with E-state index in [1.807, 2.05) is 24.3 Å². The van der Waals surface area contributed by atoms with Crippen LogP contribution in [0.25, 0.3) is 76.9 Å². The second-order valence-electron chi connectivity index (χ2n) is 12.5. The Kier molecular flexibility index (Phi) is 6.18. The lowest BCUT2D eigenvalue weighted by Crippen LogP contribution is -2.10. The molecule has 49 heavy (non-hydrogen) atoms. The molecule has 10 rings (SSSR count). The maximum absolute atomic E-state index is 6.44. The molecule has 0 atom stereocenters. The van der Waals surface area contributed by atoms with Crippen LogP contribution in [0.4, 0.5) is 17.1 Å². The lowest BCUT2D eigenvalue weighted by Gasteiger charge is -2.26. The zero-order valence-corrected chi connectivity index (χ0v) is 26.5. The van der Waals surface area contributed by atoms with E-state index in [2.05, 4.69) is 157 Å². The second kappa shape index (κ2) is 11.0. The third-order valence-electron chi connectivity index (χ3n) is 9.67. The highest BCUT2D eigenvalue weighted by molar-refractivity contribution is 6.10. The molecule has 10 aromatic rings. The summed E-state index contributed by atoms with van der Waals surface area (Å²) in [5.41, 5.74) is 11.2. The number of anilines is 3. The standard InChI is InChI=1S/C46H29NO2/c1-2-14-36-30(10-1)11-8-17-37(36)31-22-24-33(25-23-31)47(35-26-27-41-39-15-3-5-20-43(39)48-45(41)29-35)34-13-7-12-32(28-34)38-18-9-19-42-40-16-4-6-21-44(40)49-46(38)42/h1-29H. The molecule has 0 aliphatic rings. The summed E-state index contributed by atoms with van der Waals surface area (Å²) in [6.45, 7) is 0. The predicted octanol–water partition coefficient (Wildman–Crippen LogP) is 13.4. The molecule has 0 amide bonds. The first-order valence-corrected chi connectivity index (χ1v) is 16.6.